The molecule has 0 bridgehead atoms. The molecule has 3 rings (SSSR count). The van der Waals surface area contributed by atoms with Gasteiger partial charge in [0.2, 0.25) is 0 Å². The molecule has 1 aromatic rings. The van der Waals surface area contributed by atoms with Gasteiger partial charge in [-0.25, -0.2) is 4.98 Å². The van der Waals surface area contributed by atoms with E-state index in [1.807, 2.05) is 0 Å². The molecule has 0 spiro atoms. The third-order valence-electron chi connectivity index (χ3n) is 4.00. The molecule has 30 heavy (non-hydrogen) atoms. The van der Waals surface area contributed by atoms with E-state index in [1.54, 1.807) is 0 Å². The van der Waals surface area contributed by atoms with Crippen molar-refractivity contribution in [3.8, 4) is 0 Å². The molecule has 16 heteroatoms. The zero-order chi connectivity index (χ0) is 21.3. The van der Waals surface area contributed by atoms with Crippen molar-refractivity contribution in [3.63, 3.8) is 0 Å². The van der Waals surface area contributed by atoms with Gasteiger partial charge in [0.25, 0.3) is 17.5 Å². The number of thiazole rings is 1. The van der Waals surface area contributed by atoms with E-state index in [0.717, 1.165) is 11.3 Å². The van der Waals surface area contributed by atoms with Crippen molar-refractivity contribution in [2.24, 2.45) is 5.16 Å². The first-order valence-corrected chi connectivity index (χ1v) is 9.13. The number of amides is 2. The number of halogens is 1. The molecule has 2 aliphatic rings. The normalized spacial score (nSPS) is 23.7. The van der Waals surface area contributed by atoms with Crippen molar-refractivity contribution >= 4 is 57.5 Å². The number of hydrogen-bond donors (Lipinski definition) is 2. The minimum Gasteiger partial charge on any atom is -0.544 e. The molecule has 2 fully saturated rings. The quantitative estimate of drug-likeness (QED) is 0.176. The van der Waals surface area contributed by atoms with Gasteiger partial charge in [-0.15, -0.1) is 0 Å². The van der Waals surface area contributed by atoms with Gasteiger partial charge in [0, 0.05) is 6.42 Å². The number of hydrogen-bond acceptors (Lipinski definition) is 12. The van der Waals surface area contributed by atoms with Crippen LogP contribution in [-0.4, -0.2) is 65.0 Å². The van der Waals surface area contributed by atoms with Crippen LogP contribution in [0.25, 0.3) is 0 Å². The van der Waals surface area contributed by atoms with Gasteiger partial charge < -0.3 is 30.5 Å². The summed E-state index contributed by atoms with van der Waals surface area (Å²) >= 11 is 6.88. The first kappa shape index (κ1) is 24.3. The number of nitrogens with one attached hydrogen (secondary N) is 1. The third kappa shape index (κ3) is 4.38. The van der Waals surface area contributed by atoms with Crippen molar-refractivity contribution in [1.82, 2.24) is 15.4 Å². The Hall–Kier alpha value is -1.97. The number of nitrogen functional groups attached to an aromatic ring is 1. The summed E-state index contributed by atoms with van der Waals surface area (Å²) < 4.78 is 4.84. The maximum absolute atomic E-state index is 12.6. The Morgan fingerprint density at radius 1 is 1.50 bits per heavy atom. The average molecular weight is 470 g/mol. The minimum absolute atomic E-state index is 0. The number of carbonyl (C=O) groups excluding carboxylic acids is 4. The van der Waals surface area contributed by atoms with Crippen LogP contribution in [0.4, 0.5) is 5.13 Å². The molecule has 0 saturated carbocycles. The van der Waals surface area contributed by atoms with Crippen LogP contribution in [0.3, 0.4) is 0 Å². The molecule has 156 valence electrons. The number of nitrogens with zero attached hydrogens (tertiary/aromatic N) is 3. The van der Waals surface area contributed by atoms with Crippen molar-refractivity contribution in [1.29, 1.82) is 0 Å². The van der Waals surface area contributed by atoms with Crippen LogP contribution in [0.2, 0.25) is 4.34 Å². The van der Waals surface area contributed by atoms with E-state index >= 15 is 0 Å². The molecule has 2 amide bonds. The summed E-state index contributed by atoms with van der Waals surface area (Å²) in [5.74, 6) is -4.52. The summed E-state index contributed by atoms with van der Waals surface area (Å²) in [6.07, 6.45) is -0.600. The maximum atomic E-state index is 12.6. The summed E-state index contributed by atoms with van der Waals surface area (Å²) in [6, 6.07) is -1.31. The van der Waals surface area contributed by atoms with E-state index in [0.29, 0.717) is 5.06 Å². The van der Waals surface area contributed by atoms with Crippen LogP contribution < -0.4 is 45.7 Å². The van der Waals surface area contributed by atoms with Gasteiger partial charge in [-0.2, -0.15) is 5.06 Å². The third-order valence-corrected chi connectivity index (χ3v) is 5.08. The molecule has 2 saturated heterocycles. The number of esters is 1. The number of aliphatic carboxylic acids is 1. The summed E-state index contributed by atoms with van der Waals surface area (Å²) in [6.45, 7) is -0.426. The molecule has 0 aromatic carbocycles. The first-order chi connectivity index (χ1) is 13.7. The second-order valence-electron chi connectivity index (χ2n) is 5.80. The molecular formula is C14H13ClN5NaO8S. The summed E-state index contributed by atoms with van der Waals surface area (Å²) in [7, 11) is 1.18. The summed E-state index contributed by atoms with van der Waals surface area (Å²) in [4.78, 5) is 61.7. The molecule has 2 aliphatic heterocycles. The van der Waals surface area contributed by atoms with Crippen LogP contribution in [0.1, 0.15) is 18.5 Å². The smallest absolute Gasteiger partial charge is 0.544 e. The monoisotopic (exact) mass is 469 g/mol. The number of carboxylic acid groups (broad SMARTS) is 1. The summed E-state index contributed by atoms with van der Waals surface area (Å²) in [5.41, 5.74) is 2.73. The maximum Gasteiger partial charge on any atom is 1.00 e. The number of rotatable bonds is 6. The second-order valence-corrected chi connectivity index (χ2v) is 7.43. The van der Waals surface area contributed by atoms with E-state index < -0.39 is 42.1 Å². The largest absolute Gasteiger partial charge is 1.00 e. The Morgan fingerprint density at radius 3 is 2.70 bits per heavy atom. The van der Waals surface area contributed by atoms with Gasteiger partial charge in [0.15, 0.2) is 10.8 Å². The van der Waals surface area contributed by atoms with Crippen molar-refractivity contribution in [2.75, 3.05) is 19.5 Å². The topological polar surface area (TPSA) is 186 Å². The van der Waals surface area contributed by atoms with Crippen LogP contribution in [0, 0.1) is 0 Å². The van der Waals surface area contributed by atoms with Crippen LogP contribution >= 0.6 is 22.9 Å². The van der Waals surface area contributed by atoms with E-state index in [4.69, 9.17) is 26.9 Å². The Labute approximate surface area is 199 Å². The van der Waals surface area contributed by atoms with Crippen LogP contribution in [0.15, 0.2) is 5.16 Å². The van der Waals surface area contributed by atoms with Gasteiger partial charge in [-0.1, -0.05) is 28.1 Å². The molecule has 1 aromatic heterocycles. The molecule has 0 radical (unpaired) electrons. The van der Waals surface area contributed by atoms with Gasteiger partial charge in [0.05, 0.1) is 6.42 Å². The molecule has 3 heterocycles. The Morgan fingerprint density at radius 2 is 2.20 bits per heavy atom. The van der Waals surface area contributed by atoms with Gasteiger partial charge in [0.1, 0.15) is 35.8 Å². The van der Waals surface area contributed by atoms with E-state index in [1.165, 1.54) is 7.11 Å². The number of aromatic nitrogens is 1. The van der Waals surface area contributed by atoms with Gasteiger partial charge in [-0.05, 0) is 0 Å². The van der Waals surface area contributed by atoms with Crippen molar-refractivity contribution < 1.29 is 68.3 Å². The number of nitrogens with two attached hydrogens (primary N) is 1. The molecule has 13 nitrogen and oxygen atoms in total. The van der Waals surface area contributed by atoms with Crippen molar-refractivity contribution in [2.45, 2.75) is 24.6 Å². The molecule has 2 atom stereocenters. The average Bonchev–Trinajstić information content (AvgIpc) is 3.31. The van der Waals surface area contributed by atoms with E-state index in [2.05, 4.69) is 20.3 Å². The Kier molecular flexibility index (Phi) is 7.65. The van der Waals surface area contributed by atoms with Crippen molar-refractivity contribution in [3.05, 3.63) is 10.0 Å². The van der Waals surface area contributed by atoms with Crippen LogP contribution in [0.5, 0.6) is 0 Å². The number of ether oxygens (including phenoxy) is 1. The number of anilines is 1. The van der Waals surface area contributed by atoms with Crippen LogP contribution in [-0.2, 0) is 33.6 Å². The zero-order valence-electron chi connectivity index (χ0n) is 15.7. The van der Waals surface area contributed by atoms with Gasteiger partial charge in [-0.3, -0.25) is 19.2 Å². The predicted molar refractivity (Wildman–Crippen MR) is 92.9 cm³/mol. The zero-order valence-corrected chi connectivity index (χ0v) is 19.2. The molecular weight excluding hydrogens is 457 g/mol. The minimum atomic E-state index is -2.40. The first-order valence-electron chi connectivity index (χ1n) is 7.94. The second kappa shape index (κ2) is 9.45. The van der Waals surface area contributed by atoms with E-state index in [9.17, 15) is 24.3 Å². The Bertz CT molecular complexity index is 926. The fraction of sp³-hybridized carbons (Fsp3) is 0.429. The molecule has 1 unspecified atom stereocenters. The fourth-order valence-electron chi connectivity index (χ4n) is 2.72. The Balaban J connectivity index is 0.00000320. The fourth-order valence-corrected chi connectivity index (χ4v) is 3.64. The number of carboxylic acids is 1. The van der Waals surface area contributed by atoms with Gasteiger partial charge >= 0.3 is 35.5 Å². The summed E-state index contributed by atoms with van der Waals surface area (Å²) in [5, 5.41) is 17.9. The molecule has 3 N–H and O–H groups in total. The number of cyclic esters (lactones) is 1. The number of carbonyl (C=O) groups is 4. The predicted octanol–water partition coefficient (Wildman–Crippen LogP) is -5.22. The molecule has 0 aliphatic carbocycles. The number of oxime groups is 1. The van der Waals surface area contributed by atoms with E-state index in [-0.39, 0.29) is 63.3 Å². The number of hydroxylamine groups is 2. The standard InChI is InChI=1S/C14H14ClN5O8S.Na/c1-26-19-8(7-9(15)29-13(16)18-7)10(22)17-5-4-27-20(11(5)23)14(12(24)25)3-2-6(21)28-14;/h5H,2-4H2,1H3,(H2,16,18)(H,17,22)(H,24,25);/q;+1/p-1/b19-8-;/t5-,14?;/m0./s1. The SMILES string of the molecule is CO/N=C(\C(=O)N[C@H]1CON(C2(C(=O)[O-])CCC(=O)O2)C1=O)c1nc(N)sc1Cl.[Na+].